The highest BCUT2D eigenvalue weighted by atomic mass is 16.7. The number of imide groups is 1. The van der Waals surface area contributed by atoms with E-state index in [1.807, 2.05) is 11.9 Å². The van der Waals surface area contributed by atoms with E-state index in [1.54, 1.807) is 11.1 Å². The number of likely N-dealkylation sites (N-methyl/N-ethyl adjacent to an activating group) is 1. The van der Waals surface area contributed by atoms with Gasteiger partial charge < -0.3 is 35.5 Å². The monoisotopic (exact) mass is 788 g/mol. The average molecular weight is 789 g/mol. The SMILES string of the molecule is CN1CCN([C@@H]2CCCN(c3cnc(C(N)=O)c(Nc4ccc(C5CC6CN(C[C@H]7Cc8ccc9c(c8C7)ONC9C7CCC(=O)NC7=O)C[C@H]6C5)cc4)n3)C2)C1=O. The summed E-state index contributed by atoms with van der Waals surface area (Å²) in [5.74, 6) is 2.94. The van der Waals surface area contributed by atoms with Crippen LogP contribution in [-0.2, 0) is 22.4 Å². The Morgan fingerprint density at radius 1 is 0.983 bits per heavy atom. The molecule has 58 heavy (non-hydrogen) atoms. The maximum absolute atomic E-state index is 12.7. The summed E-state index contributed by atoms with van der Waals surface area (Å²) in [5, 5.41) is 5.82. The molecule has 0 bridgehead atoms. The van der Waals surface area contributed by atoms with Crippen molar-refractivity contribution in [3.8, 4) is 5.75 Å². The molecule has 4 saturated heterocycles. The number of hydrogen-bond acceptors (Lipinski definition) is 11. The van der Waals surface area contributed by atoms with Crippen molar-refractivity contribution < 1.29 is 24.0 Å². The van der Waals surface area contributed by atoms with Crippen LogP contribution in [0.25, 0.3) is 0 Å². The lowest BCUT2D eigenvalue weighted by molar-refractivity contribution is -0.137. The lowest BCUT2D eigenvalue weighted by Gasteiger charge is -2.37. The summed E-state index contributed by atoms with van der Waals surface area (Å²) in [6.45, 7) is 6.29. The Morgan fingerprint density at radius 2 is 1.79 bits per heavy atom. The second-order valence-electron chi connectivity index (χ2n) is 17.7. The fraction of sp³-hybridized carbons (Fsp3) is 0.535. The first-order valence-electron chi connectivity index (χ1n) is 21.1. The number of urea groups is 1. The number of primary amides is 1. The number of nitrogens with zero attached hydrogens (tertiary/aromatic N) is 6. The van der Waals surface area contributed by atoms with E-state index in [0.717, 1.165) is 82.0 Å². The number of rotatable bonds is 9. The number of carbonyl (C=O) groups excluding carboxylic acids is 4. The van der Waals surface area contributed by atoms with Crippen LogP contribution in [0, 0.1) is 23.7 Å². The van der Waals surface area contributed by atoms with Crippen LogP contribution < -0.4 is 31.6 Å². The van der Waals surface area contributed by atoms with Crippen molar-refractivity contribution in [3.63, 3.8) is 0 Å². The zero-order chi connectivity index (χ0) is 39.7. The summed E-state index contributed by atoms with van der Waals surface area (Å²) < 4.78 is 0. The number of hydroxylamine groups is 1. The molecule has 5 N–H and O–H groups in total. The normalized spacial score (nSPS) is 29.4. The maximum atomic E-state index is 12.7. The standard InChI is InChI=1S/C43H52N10O5/c1-50-13-14-53(43(50)57)31-3-2-12-52(23-31)35-19-45-38(40(44)55)41(47-35)46-30-7-4-25(5-8-30)27-17-28-21-51(22-29(28)18-27)20-24-15-26-6-9-32-37(49-58-39(32)34(26)16-24)33-10-11-36(54)48-42(33)56/h4-9,19,24,27-29,31,33,37,49H,2-3,10-18,20-23H2,1H3,(H2,44,55)(H,46,47)(H,48,54,56)/t24-,27?,28+,29?,31+,33?,37?/m0/s1. The molecule has 0 radical (unpaired) electrons. The number of likely N-dealkylation sites (tertiary alicyclic amines) is 1. The quantitative estimate of drug-likeness (QED) is 0.234. The minimum absolute atomic E-state index is 0.0738. The highest BCUT2D eigenvalue weighted by Gasteiger charge is 2.44. The van der Waals surface area contributed by atoms with Crippen LogP contribution in [-0.4, -0.2) is 107 Å². The Hall–Kier alpha value is -5.28. The average Bonchev–Trinajstić information content (AvgIpc) is 4.05. The number of benzene rings is 2. The molecule has 6 heterocycles. The molecule has 7 atom stereocenters. The number of aromatic nitrogens is 2. The third-order valence-corrected chi connectivity index (χ3v) is 14.1. The summed E-state index contributed by atoms with van der Waals surface area (Å²) in [4.78, 5) is 73.3. The molecule has 15 nitrogen and oxygen atoms in total. The highest BCUT2D eigenvalue weighted by molar-refractivity contribution is 5.99. The molecule has 5 fully saturated rings. The molecular weight excluding hydrogens is 737 g/mol. The van der Waals surface area contributed by atoms with Gasteiger partial charge in [-0.1, -0.05) is 24.3 Å². The predicted octanol–water partition coefficient (Wildman–Crippen LogP) is 3.49. The summed E-state index contributed by atoms with van der Waals surface area (Å²) in [5.41, 5.74) is 14.8. The van der Waals surface area contributed by atoms with Crippen LogP contribution in [0.1, 0.15) is 83.2 Å². The topological polar surface area (TPSA) is 178 Å². The number of nitrogens with one attached hydrogen (secondary N) is 3. The largest absolute Gasteiger partial charge is 0.407 e. The van der Waals surface area contributed by atoms with E-state index in [1.165, 1.54) is 29.5 Å². The Labute approximate surface area is 338 Å². The third-order valence-electron chi connectivity index (χ3n) is 14.1. The second kappa shape index (κ2) is 14.8. The van der Waals surface area contributed by atoms with E-state index in [2.05, 4.69) is 67.3 Å². The van der Waals surface area contributed by atoms with Gasteiger partial charge in [-0.2, -0.15) is 0 Å². The van der Waals surface area contributed by atoms with Gasteiger partial charge in [0.1, 0.15) is 5.82 Å². The van der Waals surface area contributed by atoms with E-state index >= 15 is 0 Å². The van der Waals surface area contributed by atoms with Crippen LogP contribution >= 0.6 is 0 Å². The number of fused-ring (bicyclic) bond motifs is 4. The molecular formula is C43H52N10O5. The van der Waals surface area contributed by atoms with E-state index in [-0.39, 0.29) is 41.5 Å². The zero-order valence-corrected chi connectivity index (χ0v) is 33.0. The van der Waals surface area contributed by atoms with E-state index < -0.39 is 5.91 Å². The van der Waals surface area contributed by atoms with Gasteiger partial charge in [-0.3, -0.25) is 19.7 Å². The van der Waals surface area contributed by atoms with Gasteiger partial charge in [-0.15, -0.1) is 5.48 Å². The Kier molecular flexibility index (Phi) is 9.47. The molecule has 2 aliphatic carbocycles. The van der Waals surface area contributed by atoms with Crippen molar-refractivity contribution in [1.29, 1.82) is 0 Å². The minimum Gasteiger partial charge on any atom is -0.407 e. The number of amides is 5. The minimum atomic E-state index is -0.639. The second-order valence-corrected chi connectivity index (χ2v) is 17.7. The maximum Gasteiger partial charge on any atom is 0.320 e. The van der Waals surface area contributed by atoms with Gasteiger partial charge in [0.2, 0.25) is 11.8 Å². The number of anilines is 3. The van der Waals surface area contributed by atoms with Gasteiger partial charge in [0.05, 0.1) is 24.2 Å². The fourth-order valence-electron chi connectivity index (χ4n) is 11.2. The number of nitrogens with two attached hydrogens (primary N) is 1. The molecule has 304 valence electrons. The van der Waals surface area contributed by atoms with Crippen molar-refractivity contribution in [2.45, 2.75) is 69.4 Å². The zero-order valence-electron chi connectivity index (χ0n) is 33.0. The molecule has 2 aromatic carbocycles. The predicted molar refractivity (Wildman–Crippen MR) is 215 cm³/mol. The van der Waals surface area contributed by atoms with Crippen molar-refractivity contribution >= 4 is 41.1 Å². The molecule has 1 saturated carbocycles. The molecule has 0 spiro atoms. The summed E-state index contributed by atoms with van der Waals surface area (Å²) in [7, 11) is 1.84. The summed E-state index contributed by atoms with van der Waals surface area (Å²) in [6.07, 6.45) is 8.76. The molecule has 1 aromatic heterocycles. The van der Waals surface area contributed by atoms with Gasteiger partial charge in [0.15, 0.2) is 17.3 Å². The van der Waals surface area contributed by atoms with E-state index in [0.29, 0.717) is 54.7 Å². The van der Waals surface area contributed by atoms with Crippen LogP contribution in [0.15, 0.2) is 42.6 Å². The van der Waals surface area contributed by atoms with E-state index in [9.17, 15) is 19.2 Å². The first-order valence-corrected chi connectivity index (χ1v) is 21.1. The molecule has 10 rings (SSSR count). The Bertz CT molecular complexity index is 2130. The molecule has 5 aliphatic heterocycles. The molecule has 15 heteroatoms. The van der Waals surface area contributed by atoms with Gasteiger partial charge in [0.25, 0.3) is 5.91 Å². The lowest BCUT2D eigenvalue weighted by atomic mass is 9.86. The fourth-order valence-corrected chi connectivity index (χ4v) is 11.2. The summed E-state index contributed by atoms with van der Waals surface area (Å²) in [6, 6.07) is 12.8. The van der Waals surface area contributed by atoms with Crippen LogP contribution in [0.2, 0.25) is 0 Å². The number of hydrogen-bond donors (Lipinski definition) is 4. The number of piperidine rings is 2. The molecule has 4 unspecified atom stereocenters. The number of carbonyl (C=O) groups is 4. The molecule has 5 amide bonds. The van der Waals surface area contributed by atoms with Crippen LogP contribution in [0.3, 0.4) is 0 Å². The van der Waals surface area contributed by atoms with Crippen molar-refractivity contribution in [2.24, 2.45) is 29.4 Å². The first kappa shape index (κ1) is 37.0. The van der Waals surface area contributed by atoms with Crippen LogP contribution in [0.4, 0.5) is 22.1 Å². The van der Waals surface area contributed by atoms with Crippen LogP contribution in [0.5, 0.6) is 5.75 Å². The van der Waals surface area contributed by atoms with Crippen molar-refractivity contribution in [2.75, 3.05) is 63.1 Å². The third kappa shape index (κ3) is 6.81. The van der Waals surface area contributed by atoms with Gasteiger partial charge >= 0.3 is 6.03 Å². The van der Waals surface area contributed by atoms with Gasteiger partial charge in [-0.05, 0) is 91.9 Å². The van der Waals surface area contributed by atoms with Gasteiger partial charge in [0, 0.05) is 76.1 Å². The van der Waals surface area contributed by atoms with E-state index in [4.69, 9.17) is 15.6 Å². The van der Waals surface area contributed by atoms with Crippen molar-refractivity contribution in [1.82, 2.24) is 35.5 Å². The molecule has 7 aliphatic rings. The van der Waals surface area contributed by atoms with Gasteiger partial charge in [-0.25, -0.2) is 14.8 Å². The molecule has 3 aromatic rings. The Balaban J connectivity index is 0.737. The summed E-state index contributed by atoms with van der Waals surface area (Å²) >= 11 is 0. The highest BCUT2D eigenvalue weighted by Crippen LogP contribution is 2.48. The lowest BCUT2D eigenvalue weighted by Crippen LogP contribution is -2.49. The first-order chi connectivity index (χ1) is 28.1. The van der Waals surface area contributed by atoms with Crippen molar-refractivity contribution in [3.05, 3.63) is 70.5 Å². The smallest absolute Gasteiger partial charge is 0.320 e. The Morgan fingerprint density at radius 3 is 2.53 bits per heavy atom.